The predicted octanol–water partition coefficient (Wildman–Crippen LogP) is 2.99. The standard InChI is InChI=1S/C18H23NO4/c1-4-23-17(20)9-7-5-6-8-16(18(21)22)14-10-12-15(13-11-14)19(2)3/h5-7,9-13,16H,4,8H2,1-3H3,(H,21,22)/b6-5+,9-7+/t16-/m0/s1. The third-order valence-electron chi connectivity index (χ3n) is 3.25. The zero-order chi connectivity index (χ0) is 17.2. The van der Waals surface area contributed by atoms with E-state index < -0.39 is 17.9 Å². The van der Waals surface area contributed by atoms with Crippen LogP contribution < -0.4 is 4.90 Å². The fourth-order valence-corrected chi connectivity index (χ4v) is 2.00. The number of hydrogen-bond acceptors (Lipinski definition) is 4. The van der Waals surface area contributed by atoms with Crippen molar-refractivity contribution in [2.75, 3.05) is 25.6 Å². The highest BCUT2D eigenvalue weighted by atomic mass is 16.5. The number of nitrogens with zero attached hydrogens (tertiary/aromatic N) is 1. The van der Waals surface area contributed by atoms with Crippen molar-refractivity contribution in [1.82, 2.24) is 0 Å². The van der Waals surface area contributed by atoms with E-state index in [9.17, 15) is 14.7 Å². The Balaban J connectivity index is 2.69. The fraction of sp³-hybridized carbons (Fsp3) is 0.333. The van der Waals surface area contributed by atoms with Gasteiger partial charge in [0.1, 0.15) is 0 Å². The van der Waals surface area contributed by atoms with E-state index in [1.165, 1.54) is 6.08 Å². The van der Waals surface area contributed by atoms with Crippen LogP contribution in [0.25, 0.3) is 0 Å². The third-order valence-corrected chi connectivity index (χ3v) is 3.25. The number of carbonyl (C=O) groups excluding carboxylic acids is 1. The topological polar surface area (TPSA) is 66.8 Å². The molecule has 0 radical (unpaired) electrons. The van der Waals surface area contributed by atoms with Crippen molar-refractivity contribution in [3.05, 3.63) is 54.1 Å². The molecule has 1 aromatic carbocycles. The minimum Gasteiger partial charge on any atom is -0.481 e. The van der Waals surface area contributed by atoms with Gasteiger partial charge in [-0.2, -0.15) is 0 Å². The maximum Gasteiger partial charge on any atom is 0.330 e. The van der Waals surface area contributed by atoms with Crippen molar-refractivity contribution in [1.29, 1.82) is 0 Å². The quantitative estimate of drug-likeness (QED) is 0.453. The van der Waals surface area contributed by atoms with E-state index in [1.54, 1.807) is 25.2 Å². The number of anilines is 1. The van der Waals surface area contributed by atoms with Crippen LogP contribution in [0, 0.1) is 0 Å². The van der Waals surface area contributed by atoms with E-state index in [0.29, 0.717) is 13.0 Å². The Morgan fingerprint density at radius 1 is 1.22 bits per heavy atom. The first-order valence-electron chi connectivity index (χ1n) is 7.45. The normalized spacial score (nSPS) is 12.5. The summed E-state index contributed by atoms with van der Waals surface area (Å²) in [7, 11) is 3.87. The first-order valence-corrected chi connectivity index (χ1v) is 7.45. The molecule has 0 fully saturated rings. The molecule has 1 rings (SSSR count). The molecule has 0 saturated heterocycles. The minimum atomic E-state index is -0.873. The molecular weight excluding hydrogens is 294 g/mol. The number of benzene rings is 1. The highest BCUT2D eigenvalue weighted by Crippen LogP contribution is 2.23. The van der Waals surface area contributed by atoms with Crippen molar-refractivity contribution in [3.8, 4) is 0 Å². The molecule has 1 atom stereocenters. The summed E-state index contributed by atoms with van der Waals surface area (Å²) in [6.07, 6.45) is 6.59. The van der Waals surface area contributed by atoms with E-state index in [1.807, 2.05) is 43.3 Å². The van der Waals surface area contributed by atoms with Gasteiger partial charge in [0.2, 0.25) is 0 Å². The lowest BCUT2D eigenvalue weighted by atomic mass is 9.95. The third kappa shape index (κ3) is 6.38. The minimum absolute atomic E-state index is 0.330. The predicted molar refractivity (Wildman–Crippen MR) is 90.7 cm³/mol. The number of rotatable bonds is 8. The Morgan fingerprint density at radius 3 is 2.39 bits per heavy atom. The van der Waals surface area contributed by atoms with Crippen LogP contribution in [-0.2, 0) is 14.3 Å². The Hall–Kier alpha value is -2.56. The summed E-state index contributed by atoms with van der Waals surface area (Å²) in [6.45, 7) is 2.07. The average Bonchev–Trinajstić information content (AvgIpc) is 2.51. The lowest BCUT2D eigenvalue weighted by Gasteiger charge is -2.15. The zero-order valence-corrected chi connectivity index (χ0v) is 13.7. The van der Waals surface area contributed by atoms with Gasteiger partial charge in [0, 0.05) is 25.9 Å². The molecule has 0 aromatic heterocycles. The van der Waals surface area contributed by atoms with Crippen LogP contribution in [0.1, 0.15) is 24.8 Å². The molecule has 0 spiro atoms. The molecule has 124 valence electrons. The number of carboxylic acid groups (broad SMARTS) is 1. The fourth-order valence-electron chi connectivity index (χ4n) is 2.00. The molecule has 1 aromatic rings. The number of carbonyl (C=O) groups is 2. The summed E-state index contributed by atoms with van der Waals surface area (Å²) in [5, 5.41) is 9.38. The Labute approximate surface area is 136 Å². The van der Waals surface area contributed by atoms with Crippen LogP contribution >= 0.6 is 0 Å². The first kappa shape index (κ1) is 18.5. The van der Waals surface area contributed by atoms with E-state index in [0.717, 1.165) is 11.3 Å². The zero-order valence-electron chi connectivity index (χ0n) is 13.7. The monoisotopic (exact) mass is 317 g/mol. The smallest absolute Gasteiger partial charge is 0.330 e. The Morgan fingerprint density at radius 2 is 1.87 bits per heavy atom. The average molecular weight is 317 g/mol. The van der Waals surface area contributed by atoms with Crippen LogP contribution in [0.2, 0.25) is 0 Å². The summed E-state index contributed by atoms with van der Waals surface area (Å²) in [5.41, 5.74) is 1.77. The van der Waals surface area contributed by atoms with Gasteiger partial charge in [0.05, 0.1) is 12.5 Å². The summed E-state index contributed by atoms with van der Waals surface area (Å²) in [6, 6.07) is 7.46. The number of allylic oxidation sites excluding steroid dienone is 3. The number of aliphatic carboxylic acids is 1. The van der Waals surface area contributed by atoms with Crippen LogP contribution in [0.15, 0.2) is 48.6 Å². The molecule has 0 bridgehead atoms. The van der Waals surface area contributed by atoms with E-state index >= 15 is 0 Å². The van der Waals surface area contributed by atoms with Crippen molar-refractivity contribution in [2.24, 2.45) is 0 Å². The molecule has 0 aliphatic rings. The Bertz CT molecular complexity index is 573. The van der Waals surface area contributed by atoms with Gasteiger partial charge in [-0.3, -0.25) is 4.79 Å². The molecule has 23 heavy (non-hydrogen) atoms. The SMILES string of the molecule is CCOC(=O)/C=C/C=C/C[C@H](C(=O)O)c1ccc(N(C)C)cc1. The molecule has 0 aliphatic heterocycles. The van der Waals surface area contributed by atoms with Gasteiger partial charge in [0.15, 0.2) is 0 Å². The van der Waals surface area contributed by atoms with Crippen molar-refractivity contribution < 1.29 is 19.4 Å². The van der Waals surface area contributed by atoms with Gasteiger partial charge < -0.3 is 14.7 Å². The van der Waals surface area contributed by atoms with Crippen molar-refractivity contribution >= 4 is 17.6 Å². The first-order chi connectivity index (χ1) is 11.0. The summed E-state index contributed by atoms with van der Waals surface area (Å²) in [4.78, 5) is 24.5. The Kier molecular flexibility index (Phi) is 7.60. The molecule has 5 heteroatoms. The van der Waals surface area contributed by atoms with Gasteiger partial charge >= 0.3 is 11.9 Å². The maximum atomic E-state index is 11.4. The molecule has 5 nitrogen and oxygen atoms in total. The maximum absolute atomic E-state index is 11.4. The van der Waals surface area contributed by atoms with Crippen LogP contribution in [-0.4, -0.2) is 37.7 Å². The van der Waals surface area contributed by atoms with E-state index in [-0.39, 0.29) is 0 Å². The molecule has 0 aliphatic carbocycles. The van der Waals surface area contributed by atoms with Crippen molar-refractivity contribution in [3.63, 3.8) is 0 Å². The second-order valence-corrected chi connectivity index (χ2v) is 5.15. The van der Waals surface area contributed by atoms with Gasteiger partial charge in [-0.05, 0) is 31.0 Å². The van der Waals surface area contributed by atoms with Gasteiger partial charge in [0.25, 0.3) is 0 Å². The summed E-state index contributed by atoms with van der Waals surface area (Å²) >= 11 is 0. The summed E-state index contributed by atoms with van der Waals surface area (Å²) < 4.78 is 4.75. The van der Waals surface area contributed by atoms with Gasteiger partial charge in [-0.25, -0.2) is 4.79 Å². The van der Waals surface area contributed by atoms with Crippen LogP contribution in [0.5, 0.6) is 0 Å². The van der Waals surface area contributed by atoms with E-state index in [2.05, 4.69) is 0 Å². The molecular formula is C18H23NO4. The van der Waals surface area contributed by atoms with Gasteiger partial charge in [-0.1, -0.05) is 30.4 Å². The lowest BCUT2D eigenvalue weighted by molar-refractivity contribution is -0.139. The number of esters is 1. The molecule has 0 saturated carbocycles. The second kappa shape index (κ2) is 9.46. The molecule has 0 amide bonds. The summed E-state index contributed by atoms with van der Waals surface area (Å²) in [5.74, 6) is -1.90. The molecule has 1 N–H and O–H groups in total. The molecule has 0 unspecified atom stereocenters. The largest absolute Gasteiger partial charge is 0.481 e. The van der Waals surface area contributed by atoms with Gasteiger partial charge in [-0.15, -0.1) is 0 Å². The van der Waals surface area contributed by atoms with Crippen LogP contribution in [0.3, 0.4) is 0 Å². The van der Waals surface area contributed by atoms with Crippen LogP contribution in [0.4, 0.5) is 5.69 Å². The number of ether oxygens (including phenoxy) is 1. The highest BCUT2D eigenvalue weighted by Gasteiger charge is 2.18. The van der Waals surface area contributed by atoms with Crippen molar-refractivity contribution in [2.45, 2.75) is 19.3 Å². The lowest BCUT2D eigenvalue weighted by Crippen LogP contribution is -2.12. The molecule has 0 heterocycles. The second-order valence-electron chi connectivity index (χ2n) is 5.15. The highest BCUT2D eigenvalue weighted by molar-refractivity contribution is 5.82. The van der Waals surface area contributed by atoms with E-state index in [4.69, 9.17) is 4.74 Å². The number of carboxylic acids is 1. The number of hydrogen-bond donors (Lipinski definition) is 1.